The molecule has 1 aromatic rings. The van der Waals surface area contributed by atoms with Gasteiger partial charge in [-0.05, 0) is 38.1 Å². The smallest absolute Gasteiger partial charge is 0.256 e. The van der Waals surface area contributed by atoms with Gasteiger partial charge in [0.15, 0.2) is 0 Å². The van der Waals surface area contributed by atoms with E-state index in [4.69, 9.17) is 0 Å². The normalized spacial score (nSPS) is 19.1. The summed E-state index contributed by atoms with van der Waals surface area (Å²) in [4.78, 5) is 11.9. The van der Waals surface area contributed by atoms with Crippen molar-refractivity contribution in [1.29, 1.82) is 0 Å². The third kappa shape index (κ3) is 2.40. The number of carbonyl (C=O) groups excluding carboxylic acids is 1. The fourth-order valence-electron chi connectivity index (χ4n) is 1.84. The second-order valence-electron chi connectivity index (χ2n) is 4.10. The lowest BCUT2D eigenvalue weighted by Crippen LogP contribution is -2.50. The van der Waals surface area contributed by atoms with E-state index in [-0.39, 0.29) is 5.91 Å². The molecule has 0 atom stereocenters. The SMILES string of the molecule is O=C(Nc1ccccc1)C1(O)CCNCC1. The summed E-state index contributed by atoms with van der Waals surface area (Å²) in [5.74, 6) is -0.305. The Balaban J connectivity index is 2.02. The highest BCUT2D eigenvalue weighted by molar-refractivity contribution is 5.97. The van der Waals surface area contributed by atoms with Crippen LogP contribution >= 0.6 is 0 Å². The maximum absolute atomic E-state index is 11.9. The number of hydrogen-bond donors (Lipinski definition) is 3. The van der Waals surface area contributed by atoms with Crippen molar-refractivity contribution in [2.45, 2.75) is 18.4 Å². The summed E-state index contributed by atoms with van der Waals surface area (Å²) < 4.78 is 0. The summed E-state index contributed by atoms with van der Waals surface area (Å²) in [6, 6.07) is 9.20. The molecule has 0 saturated carbocycles. The van der Waals surface area contributed by atoms with Crippen molar-refractivity contribution in [3.8, 4) is 0 Å². The van der Waals surface area contributed by atoms with E-state index in [1.807, 2.05) is 30.3 Å². The zero-order chi connectivity index (χ0) is 11.4. The van der Waals surface area contributed by atoms with Gasteiger partial charge in [0.25, 0.3) is 5.91 Å². The topological polar surface area (TPSA) is 61.4 Å². The standard InChI is InChI=1S/C12H16N2O2/c15-11(12(16)6-8-13-9-7-12)14-10-4-2-1-3-5-10/h1-5,13,16H,6-9H2,(H,14,15). The third-order valence-electron chi connectivity index (χ3n) is 2.89. The van der Waals surface area contributed by atoms with Crippen LogP contribution in [-0.2, 0) is 4.79 Å². The first kappa shape index (κ1) is 11.1. The molecule has 1 amide bonds. The van der Waals surface area contributed by atoms with Crippen LogP contribution < -0.4 is 10.6 Å². The highest BCUT2D eigenvalue weighted by atomic mass is 16.3. The highest BCUT2D eigenvalue weighted by Gasteiger charge is 2.36. The Morgan fingerprint density at radius 2 is 1.88 bits per heavy atom. The molecular weight excluding hydrogens is 204 g/mol. The van der Waals surface area contributed by atoms with Gasteiger partial charge in [-0.3, -0.25) is 4.79 Å². The first-order valence-electron chi connectivity index (χ1n) is 5.50. The predicted molar refractivity (Wildman–Crippen MR) is 62.1 cm³/mol. The molecule has 0 aliphatic carbocycles. The molecule has 1 aromatic carbocycles. The molecule has 0 aromatic heterocycles. The zero-order valence-electron chi connectivity index (χ0n) is 9.07. The van der Waals surface area contributed by atoms with Gasteiger partial charge in [-0.15, -0.1) is 0 Å². The monoisotopic (exact) mass is 220 g/mol. The predicted octanol–water partition coefficient (Wildman–Crippen LogP) is 0.740. The number of piperidine rings is 1. The minimum atomic E-state index is -1.22. The van der Waals surface area contributed by atoms with Crippen LogP contribution in [0.2, 0.25) is 0 Å². The summed E-state index contributed by atoms with van der Waals surface area (Å²) in [7, 11) is 0. The molecule has 16 heavy (non-hydrogen) atoms. The quantitative estimate of drug-likeness (QED) is 0.689. The average molecular weight is 220 g/mol. The fraction of sp³-hybridized carbons (Fsp3) is 0.417. The number of aliphatic hydroxyl groups is 1. The minimum Gasteiger partial charge on any atom is -0.380 e. The van der Waals surface area contributed by atoms with Gasteiger partial charge in [0.2, 0.25) is 0 Å². The summed E-state index contributed by atoms with van der Waals surface area (Å²) in [5, 5.41) is 16.0. The number of carbonyl (C=O) groups is 1. The molecule has 1 heterocycles. The number of amides is 1. The first-order chi connectivity index (χ1) is 7.71. The van der Waals surface area contributed by atoms with Gasteiger partial charge < -0.3 is 15.7 Å². The van der Waals surface area contributed by atoms with Gasteiger partial charge in [-0.2, -0.15) is 0 Å². The average Bonchev–Trinajstić information content (AvgIpc) is 2.31. The molecule has 1 saturated heterocycles. The zero-order valence-corrected chi connectivity index (χ0v) is 9.07. The Hall–Kier alpha value is -1.39. The van der Waals surface area contributed by atoms with Gasteiger partial charge >= 0.3 is 0 Å². The van der Waals surface area contributed by atoms with E-state index in [1.165, 1.54) is 0 Å². The van der Waals surface area contributed by atoms with Crippen LogP contribution in [0.3, 0.4) is 0 Å². The number of para-hydroxylation sites is 1. The third-order valence-corrected chi connectivity index (χ3v) is 2.89. The van der Waals surface area contributed by atoms with E-state index in [0.29, 0.717) is 25.9 Å². The maximum Gasteiger partial charge on any atom is 0.256 e. The summed E-state index contributed by atoms with van der Waals surface area (Å²) in [6.07, 6.45) is 0.928. The first-order valence-corrected chi connectivity index (χ1v) is 5.50. The fourth-order valence-corrected chi connectivity index (χ4v) is 1.84. The summed E-state index contributed by atoms with van der Waals surface area (Å²) in [6.45, 7) is 1.36. The Morgan fingerprint density at radius 3 is 2.50 bits per heavy atom. The van der Waals surface area contributed by atoms with E-state index in [1.54, 1.807) is 0 Å². The molecule has 1 fully saturated rings. The number of nitrogens with one attached hydrogen (secondary N) is 2. The highest BCUT2D eigenvalue weighted by Crippen LogP contribution is 2.20. The number of hydrogen-bond acceptors (Lipinski definition) is 3. The molecule has 4 nitrogen and oxygen atoms in total. The Bertz CT molecular complexity index is 359. The van der Waals surface area contributed by atoms with E-state index in [9.17, 15) is 9.90 Å². The number of rotatable bonds is 2. The molecule has 0 unspecified atom stereocenters. The van der Waals surface area contributed by atoms with Crippen molar-refractivity contribution in [2.24, 2.45) is 0 Å². The van der Waals surface area contributed by atoms with Gasteiger partial charge in [-0.25, -0.2) is 0 Å². The van der Waals surface area contributed by atoms with Crippen LogP contribution in [0.25, 0.3) is 0 Å². The maximum atomic E-state index is 11.9. The Labute approximate surface area is 94.7 Å². The molecule has 1 aliphatic rings. The van der Waals surface area contributed by atoms with Crippen LogP contribution in [0.15, 0.2) is 30.3 Å². The van der Waals surface area contributed by atoms with Crippen LogP contribution in [0.4, 0.5) is 5.69 Å². The second kappa shape index (κ2) is 4.63. The molecule has 3 N–H and O–H groups in total. The largest absolute Gasteiger partial charge is 0.380 e. The van der Waals surface area contributed by atoms with Crippen molar-refractivity contribution >= 4 is 11.6 Å². The molecule has 4 heteroatoms. The lowest BCUT2D eigenvalue weighted by molar-refractivity contribution is -0.136. The molecule has 0 bridgehead atoms. The van der Waals surface area contributed by atoms with Crippen molar-refractivity contribution in [1.82, 2.24) is 5.32 Å². The Morgan fingerprint density at radius 1 is 1.25 bits per heavy atom. The lowest BCUT2D eigenvalue weighted by Gasteiger charge is -2.31. The Kier molecular flexibility index (Phi) is 3.22. The molecule has 86 valence electrons. The van der Waals surface area contributed by atoms with Crippen molar-refractivity contribution in [3.05, 3.63) is 30.3 Å². The van der Waals surface area contributed by atoms with Crippen LogP contribution in [-0.4, -0.2) is 29.7 Å². The van der Waals surface area contributed by atoms with Crippen molar-refractivity contribution in [3.63, 3.8) is 0 Å². The number of benzene rings is 1. The van der Waals surface area contributed by atoms with Gasteiger partial charge in [0.05, 0.1) is 0 Å². The lowest BCUT2D eigenvalue weighted by atomic mass is 9.91. The van der Waals surface area contributed by atoms with E-state index < -0.39 is 5.60 Å². The second-order valence-corrected chi connectivity index (χ2v) is 4.10. The summed E-state index contributed by atoms with van der Waals surface area (Å²) >= 11 is 0. The minimum absolute atomic E-state index is 0.305. The van der Waals surface area contributed by atoms with Crippen molar-refractivity contribution < 1.29 is 9.90 Å². The molecule has 1 aliphatic heterocycles. The van der Waals surface area contributed by atoms with Crippen LogP contribution in [0.1, 0.15) is 12.8 Å². The molecule has 0 radical (unpaired) electrons. The molecular formula is C12H16N2O2. The van der Waals surface area contributed by atoms with Crippen LogP contribution in [0.5, 0.6) is 0 Å². The van der Waals surface area contributed by atoms with Gasteiger partial charge in [0.1, 0.15) is 5.60 Å². The molecule has 0 spiro atoms. The molecule has 2 rings (SSSR count). The van der Waals surface area contributed by atoms with Gasteiger partial charge in [-0.1, -0.05) is 18.2 Å². The van der Waals surface area contributed by atoms with E-state index in [0.717, 1.165) is 5.69 Å². The van der Waals surface area contributed by atoms with Crippen molar-refractivity contribution in [2.75, 3.05) is 18.4 Å². The number of anilines is 1. The van der Waals surface area contributed by atoms with E-state index >= 15 is 0 Å². The van der Waals surface area contributed by atoms with Crippen LogP contribution in [0, 0.1) is 0 Å². The van der Waals surface area contributed by atoms with Gasteiger partial charge in [0, 0.05) is 5.69 Å². The van der Waals surface area contributed by atoms with E-state index in [2.05, 4.69) is 10.6 Å². The summed E-state index contributed by atoms with van der Waals surface area (Å²) in [5.41, 5.74) is -0.499.